The SMILES string of the molecule is Cc1cccc(C)c1N(CCSc1ccccc1)c1ccc2c(-c3ccccc3S(=O)(=O)O)c3ccc(=[N+](CCSc4ccccc4)c4c(C)cccc4C)cc-3oc2c1. The topological polar surface area (TPSA) is 73.8 Å². The van der Waals surface area contributed by atoms with Gasteiger partial charge in [-0.3, -0.25) is 4.55 Å². The highest BCUT2D eigenvalue weighted by atomic mass is 32.2. The molecule has 0 saturated carbocycles. The Morgan fingerprint density at radius 2 is 1.22 bits per heavy atom. The number of fused-ring (bicyclic) bond motifs is 2. The summed E-state index contributed by atoms with van der Waals surface area (Å²) in [5, 5.41) is 1.69. The van der Waals surface area contributed by atoms with Crippen molar-refractivity contribution in [3.8, 4) is 22.5 Å². The number of hydrogen-bond acceptors (Lipinski definition) is 6. The maximum atomic E-state index is 12.9. The number of hydrogen-bond donors (Lipinski definition) is 1. The van der Waals surface area contributed by atoms with E-state index in [1.165, 1.54) is 38.1 Å². The second kappa shape index (κ2) is 18.0. The molecule has 1 aliphatic carbocycles. The van der Waals surface area contributed by atoms with Crippen LogP contribution in [0, 0.1) is 27.7 Å². The van der Waals surface area contributed by atoms with Crippen LogP contribution in [0.2, 0.25) is 0 Å². The molecule has 302 valence electrons. The molecule has 2 aliphatic rings. The molecule has 0 radical (unpaired) electrons. The third kappa shape index (κ3) is 8.81. The van der Waals surface area contributed by atoms with Gasteiger partial charge in [0.15, 0.2) is 6.54 Å². The molecule has 0 amide bonds. The molecule has 60 heavy (non-hydrogen) atoms. The molecule has 9 heteroatoms. The van der Waals surface area contributed by atoms with Crippen LogP contribution in [0.4, 0.5) is 17.1 Å². The standard InChI is InChI=1S/C51H46N2O4S3/c1-35-15-13-16-36(2)50(35)52(29-31-58-41-19-7-5-8-20-41)39-25-27-43-46(33-39)57-47-34-40(26-28-44(47)49(43)45-23-11-12-24-48(45)60(54,55)56)53(51-37(3)17-14-18-38(51)4)30-32-59-42-21-9-6-10-22-42/h5-28,33-34H,29-32H2,1-4H3/p+1. The molecule has 6 nitrogen and oxygen atoms in total. The summed E-state index contributed by atoms with van der Waals surface area (Å²) in [7, 11) is -4.57. The Bertz CT molecular complexity index is 2920. The molecule has 0 aromatic heterocycles. The van der Waals surface area contributed by atoms with Gasteiger partial charge < -0.3 is 9.32 Å². The Morgan fingerprint density at radius 3 is 1.87 bits per heavy atom. The molecule has 6 aromatic carbocycles. The van der Waals surface area contributed by atoms with Crippen LogP contribution in [-0.4, -0.2) is 37.6 Å². The van der Waals surface area contributed by atoms with E-state index in [1.807, 2.05) is 47.8 Å². The Hall–Kier alpha value is -5.58. The summed E-state index contributed by atoms with van der Waals surface area (Å²) >= 11 is 3.63. The van der Waals surface area contributed by atoms with Gasteiger partial charge in [-0.25, -0.2) is 0 Å². The quantitative estimate of drug-likeness (QED) is 0.0536. The Balaban J connectivity index is 1.35. The van der Waals surface area contributed by atoms with Gasteiger partial charge in [0.05, 0.1) is 11.8 Å². The predicted octanol–water partition coefficient (Wildman–Crippen LogP) is 12.5. The molecule has 0 saturated heterocycles. The van der Waals surface area contributed by atoms with Crippen LogP contribution in [0.3, 0.4) is 0 Å². The first-order valence-corrected chi connectivity index (χ1v) is 23.4. The van der Waals surface area contributed by atoms with E-state index in [1.54, 1.807) is 18.2 Å². The van der Waals surface area contributed by atoms with Crippen molar-refractivity contribution in [3.63, 3.8) is 0 Å². The van der Waals surface area contributed by atoms with Gasteiger partial charge in [-0.05, 0) is 87.4 Å². The third-order valence-electron chi connectivity index (χ3n) is 10.8. The summed E-state index contributed by atoms with van der Waals surface area (Å²) in [4.78, 5) is 4.63. The van der Waals surface area contributed by atoms with Crippen LogP contribution in [-0.2, 0) is 10.1 Å². The minimum absolute atomic E-state index is 0.155. The second-order valence-corrected chi connectivity index (χ2v) is 18.6. The minimum atomic E-state index is -4.57. The molecule has 0 bridgehead atoms. The lowest BCUT2D eigenvalue weighted by atomic mass is 9.93. The van der Waals surface area contributed by atoms with E-state index >= 15 is 0 Å². The predicted molar refractivity (Wildman–Crippen MR) is 251 cm³/mol. The number of benzene rings is 7. The Labute approximate surface area is 361 Å². The first-order chi connectivity index (χ1) is 29.1. The number of rotatable bonds is 13. The summed E-state index contributed by atoms with van der Waals surface area (Å²) < 4.78 is 45.8. The van der Waals surface area contributed by atoms with Gasteiger partial charge in [0.1, 0.15) is 16.2 Å². The van der Waals surface area contributed by atoms with Crippen molar-refractivity contribution in [2.24, 2.45) is 0 Å². The largest absolute Gasteiger partial charge is 0.456 e. The summed E-state index contributed by atoms with van der Waals surface area (Å²) in [6.07, 6.45) is 0. The zero-order chi connectivity index (χ0) is 41.8. The Morgan fingerprint density at radius 1 is 0.617 bits per heavy atom. The monoisotopic (exact) mass is 847 g/mol. The highest BCUT2D eigenvalue weighted by Gasteiger charge is 2.26. The lowest BCUT2D eigenvalue weighted by Crippen LogP contribution is -2.29. The summed E-state index contributed by atoms with van der Waals surface area (Å²) in [5.41, 5.74) is 10.3. The first kappa shape index (κ1) is 41.2. The van der Waals surface area contributed by atoms with Crippen LogP contribution in [0.25, 0.3) is 33.4 Å². The zero-order valence-electron chi connectivity index (χ0n) is 34.1. The highest BCUT2D eigenvalue weighted by Crippen LogP contribution is 2.44. The molecular formula is C51H47N2O4S3+. The zero-order valence-corrected chi connectivity index (χ0v) is 36.6. The molecule has 1 aliphatic heterocycles. The smallest absolute Gasteiger partial charge is 0.295 e. The minimum Gasteiger partial charge on any atom is -0.456 e. The van der Waals surface area contributed by atoms with Crippen LogP contribution >= 0.6 is 23.5 Å². The molecule has 0 spiro atoms. The molecule has 0 unspecified atom stereocenters. The van der Waals surface area contributed by atoms with E-state index < -0.39 is 10.1 Å². The van der Waals surface area contributed by atoms with Crippen molar-refractivity contribution in [1.29, 1.82) is 0 Å². The number of nitrogens with zero attached hydrogens (tertiary/aromatic N) is 2. The molecule has 1 N–H and O–H groups in total. The van der Waals surface area contributed by atoms with Gasteiger partial charge in [0.25, 0.3) is 10.1 Å². The molecule has 6 aromatic rings. The van der Waals surface area contributed by atoms with Crippen molar-refractivity contribution in [1.82, 2.24) is 4.58 Å². The number of para-hydroxylation sites is 2. The van der Waals surface area contributed by atoms with Gasteiger partial charge in [-0.1, -0.05) is 91.0 Å². The number of aryl methyl sites for hydroxylation is 4. The number of anilines is 2. The fraction of sp³-hybridized carbons (Fsp3) is 0.157. The first-order valence-electron chi connectivity index (χ1n) is 20.0. The average molecular weight is 848 g/mol. The van der Waals surface area contributed by atoms with Gasteiger partial charge in [0.2, 0.25) is 11.0 Å². The lowest BCUT2D eigenvalue weighted by Gasteiger charge is -2.29. The van der Waals surface area contributed by atoms with Crippen LogP contribution < -0.4 is 14.8 Å². The lowest BCUT2D eigenvalue weighted by molar-refractivity contribution is 0.483. The van der Waals surface area contributed by atoms with Gasteiger partial charge in [-0.2, -0.15) is 13.0 Å². The van der Waals surface area contributed by atoms with Crippen LogP contribution in [0.15, 0.2) is 177 Å². The van der Waals surface area contributed by atoms with Gasteiger partial charge in [0, 0.05) is 78.8 Å². The maximum Gasteiger partial charge on any atom is 0.295 e. The van der Waals surface area contributed by atoms with E-state index in [4.69, 9.17) is 4.42 Å². The van der Waals surface area contributed by atoms with Crippen LogP contribution in [0.1, 0.15) is 22.3 Å². The summed E-state index contributed by atoms with van der Waals surface area (Å²) in [5.74, 6) is 2.29. The maximum absolute atomic E-state index is 12.9. The summed E-state index contributed by atoms with van der Waals surface area (Å²) in [6, 6.07) is 52.6. The Kier molecular flexibility index (Phi) is 12.3. The molecular weight excluding hydrogens is 801 g/mol. The van der Waals surface area contributed by atoms with E-state index in [2.05, 4.69) is 146 Å². The van der Waals surface area contributed by atoms with Crippen molar-refractivity contribution in [2.45, 2.75) is 42.4 Å². The average Bonchev–Trinajstić information content (AvgIpc) is 3.24. The molecule has 0 atom stereocenters. The fourth-order valence-electron chi connectivity index (χ4n) is 8.14. The molecule has 0 fully saturated rings. The van der Waals surface area contributed by atoms with Crippen molar-refractivity contribution < 1.29 is 17.4 Å². The normalized spacial score (nSPS) is 12.2. The van der Waals surface area contributed by atoms with Crippen LogP contribution in [0.5, 0.6) is 0 Å². The van der Waals surface area contributed by atoms with Gasteiger partial charge >= 0.3 is 0 Å². The van der Waals surface area contributed by atoms with Crippen molar-refractivity contribution in [3.05, 3.63) is 185 Å². The van der Waals surface area contributed by atoms with E-state index in [-0.39, 0.29) is 4.90 Å². The number of thioether (sulfide) groups is 2. The van der Waals surface area contributed by atoms with E-state index in [0.29, 0.717) is 22.5 Å². The van der Waals surface area contributed by atoms with E-state index in [0.717, 1.165) is 58.0 Å². The second-order valence-electron chi connectivity index (χ2n) is 14.9. The van der Waals surface area contributed by atoms with Crippen molar-refractivity contribution in [2.75, 3.05) is 29.5 Å². The molecule has 8 rings (SSSR count). The highest BCUT2D eigenvalue weighted by molar-refractivity contribution is 7.99. The fourth-order valence-corrected chi connectivity index (χ4v) is 10.6. The van der Waals surface area contributed by atoms with Gasteiger partial charge in [-0.15, -0.1) is 23.5 Å². The van der Waals surface area contributed by atoms with E-state index in [9.17, 15) is 13.0 Å². The summed E-state index contributed by atoms with van der Waals surface area (Å²) in [6.45, 7) is 10.0. The third-order valence-corrected chi connectivity index (χ3v) is 13.7. The van der Waals surface area contributed by atoms with Crippen molar-refractivity contribution >= 4 is 61.7 Å². The molecule has 1 heterocycles.